The third-order valence-corrected chi connectivity index (χ3v) is 4.88. The molecule has 0 aromatic heterocycles. The van der Waals surface area contributed by atoms with Crippen LogP contribution in [0.25, 0.3) is 0 Å². The Morgan fingerprint density at radius 1 is 1.42 bits per heavy atom. The number of fused-ring (bicyclic) bond motifs is 1. The van der Waals surface area contributed by atoms with Gasteiger partial charge in [0.25, 0.3) is 0 Å². The lowest BCUT2D eigenvalue weighted by atomic mass is 10.1. The van der Waals surface area contributed by atoms with Crippen molar-refractivity contribution in [2.75, 3.05) is 28.9 Å². The van der Waals surface area contributed by atoms with Gasteiger partial charge in [-0.1, -0.05) is 6.07 Å². The quantitative estimate of drug-likeness (QED) is 0.829. The van der Waals surface area contributed by atoms with Gasteiger partial charge in [0.1, 0.15) is 0 Å². The van der Waals surface area contributed by atoms with Crippen molar-refractivity contribution in [1.82, 2.24) is 0 Å². The lowest BCUT2D eigenvalue weighted by Gasteiger charge is -2.20. The summed E-state index contributed by atoms with van der Waals surface area (Å²) in [5.74, 6) is -0.000576. The summed E-state index contributed by atoms with van der Waals surface area (Å²) < 4.78 is 31.4. The molecular formula is C13H20N2O3S. The van der Waals surface area contributed by atoms with Gasteiger partial charge in [-0.25, -0.2) is 8.42 Å². The predicted octanol–water partition coefficient (Wildman–Crippen LogP) is 1.39. The number of ether oxygens (including phenoxy) is 1. The third kappa shape index (κ3) is 3.01. The van der Waals surface area contributed by atoms with Gasteiger partial charge < -0.3 is 10.5 Å². The van der Waals surface area contributed by atoms with E-state index in [0.717, 1.165) is 5.56 Å². The minimum absolute atomic E-state index is 0.000576. The van der Waals surface area contributed by atoms with Gasteiger partial charge in [0, 0.05) is 17.8 Å². The van der Waals surface area contributed by atoms with E-state index < -0.39 is 10.0 Å². The maximum atomic E-state index is 12.3. The van der Waals surface area contributed by atoms with E-state index in [9.17, 15) is 8.42 Å². The SMILES string of the molecule is CC(C)OCCS(=O)(=O)N1CCc2c(N)cccc21. The highest BCUT2D eigenvalue weighted by Crippen LogP contribution is 2.33. The lowest BCUT2D eigenvalue weighted by Crippen LogP contribution is -2.33. The molecule has 0 atom stereocenters. The summed E-state index contributed by atoms with van der Waals surface area (Å²) in [5, 5.41) is 0. The van der Waals surface area contributed by atoms with Crippen LogP contribution in [0.3, 0.4) is 0 Å². The fraction of sp³-hybridized carbons (Fsp3) is 0.538. The van der Waals surface area contributed by atoms with E-state index in [1.54, 1.807) is 18.2 Å². The average molecular weight is 284 g/mol. The molecular weight excluding hydrogens is 264 g/mol. The molecule has 0 fully saturated rings. The van der Waals surface area contributed by atoms with Crippen LogP contribution in [0.5, 0.6) is 0 Å². The molecule has 1 aromatic carbocycles. The Kier molecular flexibility index (Phi) is 4.01. The second-order valence-corrected chi connectivity index (χ2v) is 6.92. The molecule has 0 amide bonds. The number of benzene rings is 1. The van der Waals surface area contributed by atoms with Crippen LogP contribution in [0.4, 0.5) is 11.4 Å². The van der Waals surface area contributed by atoms with Gasteiger partial charge >= 0.3 is 0 Å². The van der Waals surface area contributed by atoms with Crippen LogP contribution in [0.15, 0.2) is 18.2 Å². The molecule has 0 bridgehead atoms. The molecule has 6 heteroatoms. The molecule has 19 heavy (non-hydrogen) atoms. The summed E-state index contributed by atoms with van der Waals surface area (Å²) >= 11 is 0. The largest absolute Gasteiger partial charge is 0.398 e. The van der Waals surface area contributed by atoms with E-state index in [4.69, 9.17) is 10.5 Å². The van der Waals surface area contributed by atoms with Gasteiger partial charge in [-0.3, -0.25) is 4.31 Å². The van der Waals surface area contributed by atoms with Crippen molar-refractivity contribution in [2.24, 2.45) is 0 Å². The first kappa shape index (κ1) is 14.1. The van der Waals surface area contributed by atoms with Crippen LogP contribution in [-0.4, -0.2) is 33.4 Å². The van der Waals surface area contributed by atoms with E-state index in [0.29, 0.717) is 24.3 Å². The molecule has 0 saturated heterocycles. The molecule has 1 aliphatic rings. The van der Waals surface area contributed by atoms with Gasteiger partial charge in [-0.2, -0.15) is 0 Å². The second kappa shape index (κ2) is 5.38. The van der Waals surface area contributed by atoms with E-state index in [-0.39, 0.29) is 18.5 Å². The molecule has 2 N–H and O–H groups in total. The summed E-state index contributed by atoms with van der Waals surface area (Å²) in [5.41, 5.74) is 8.17. The Bertz CT molecular complexity index is 555. The number of sulfonamides is 1. The number of nitrogens with zero attached hydrogens (tertiary/aromatic N) is 1. The Hall–Kier alpha value is -1.27. The summed E-state index contributed by atoms with van der Waals surface area (Å²) in [6, 6.07) is 5.39. The Morgan fingerprint density at radius 3 is 2.84 bits per heavy atom. The standard InChI is InChI=1S/C13H20N2O3S/c1-10(2)18-8-9-19(16,17)15-7-6-11-12(14)4-3-5-13(11)15/h3-5,10H,6-9,14H2,1-2H3. The molecule has 5 nitrogen and oxygen atoms in total. The molecule has 1 aromatic rings. The first-order chi connectivity index (χ1) is 8.92. The van der Waals surface area contributed by atoms with Crippen LogP contribution < -0.4 is 10.0 Å². The van der Waals surface area contributed by atoms with Gasteiger partial charge in [-0.15, -0.1) is 0 Å². The Balaban J connectivity index is 2.14. The average Bonchev–Trinajstić information content (AvgIpc) is 2.74. The monoisotopic (exact) mass is 284 g/mol. The predicted molar refractivity (Wildman–Crippen MR) is 76.8 cm³/mol. The van der Waals surface area contributed by atoms with Crippen LogP contribution in [-0.2, 0) is 21.2 Å². The number of anilines is 2. The number of rotatable bonds is 5. The summed E-state index contributed by atoms with van der Waals surface area (Å²) in [7, 11) is -3.33. The zero-order chi connectivity index (χ0) is 14.0. The molecule has 0 spiro atoms. The lowest BCUT2D eigenvalue weighted by molar-refractivity contribution is 0.0912. The van der Waals surface area contributed by atoms with E-state index >= 15 is 0 Å². The molecule has 0 unspecified atom stereocenters. The molecule has 0 aliphatic carbocycles. The summed E-state index contributed by atoms with van der Waals surface area (Å²) in [6.45, 7) is 4.46. The van der Waals surface area contributed by atoms with E-state index in [1.165, 1.54) is 4.31 Å². The van der Waals surface area contributed by atoms with Crippen molar-refractivity contribution in [3.8, 4) is 0 Å². The van der Waals surface area contributed by atoms with Crippen molar-refractivity contribution in [2.45, 2.75) is 26.4 Å². The van der Waals surface area contributed by atoms with Gasteiger partial charge in [0.15, 0.2) is 0 Å². The number of hydrogen-bond donors (Lipinski definition) is 1. The van der Waals surface area contributed by atoms with Crippen molar-refractivity contribution in [1.29, 1.82) is 0 Å². The molecule has 0 saturated carbocycles. The number of nitrogen functional groups attached to an aromatic ring is 1. The van der Waals surface area contributed by atoms with Crippen LogP contribution in [0.2, 0.25) is 0 Å². The zero-order valence-corrected chi connectivity index (χ0v) is 12.1. The maximum Gasteiger partial charge on any atom is 0.237 e. The minimum Gasteiger partial charge on any atom is -0.398 e. The topological polar surface area (TPSA) is 72.6 Å². The molecule has 2 rings (SSSR count). The first-order valence-electron chi connectivity index (χ1n) is 6.41. The van der Waals surface area contributed by atoms with Crippen LogP contribution in [0, 0.1) is 0 Å². The molecule has 0 radical (unpaired) electrons. The van der Waals surface area contributed by atoms with Gasteiger partial charge in [-0.05, 0) is 32.4 Å². The fourth-order valence-corrected chi connectivity index (χ4v) is 3.59. The van der Waals surface area contributed by atoms with Crippen LogP contribution in [0.1, 0.15) is 19.4 Å². The number of nitrogens with two attached hydrogens (primary N) is 1. The van der Waals surface area contributed by atoms with E-state index in [1.807, 2.05) is 13.8 Å². The smallest absolute Gasteiger partial charge is 0.237 e. The summed E-state index contributed by atoms with van der Waals surface area (Å²) in [4.78, 5) is 0. The number of hydrogen-bond acceptors (Lipinski definition) is 4. The first-order valence-corrected chi connectivity index (χ1v) is 8.02. The highest BCUT2D eigenvalue weighted by atomic mass is 32.2. The van der Waals surface area contributed by atoms with Gasteiger partial charge in [0.05, 0.1) is 24.2 Å². The Morgan fingerprint density at radius 2 is 2.16 bits per heavy atom. The van der Waals surface area contributed by atoms with Crippen molar-refractivity contribution in [3.63, 3.8) is 0 Å². The normalized spacial score (nSPS) is 15.0. The minimum atomic E-state index is -3.33. The van der Waals surface area contributed by atoms with Crippen LogP contribution >= 0.6 is 0 Å². The highest BCUT2D eigenvalue weighted by Gasteiger charge is 2.30. The summed E-state index contributed by atoms with van der Waals surface area (Å²) in [6.07, 6.45) is 0.712. The van der Waals surface area contributed by atoms with E-state index in [2.05, 4.69) is 0 Å². The van der Waals surface area contributed by atoms with Crippen molar-refractivity contribution < 1.29 is 13.2 Å². The van der Waals surface area contributed by atoms with Crippen molar-refractivity contribution in [3.05, 3.63) is 23.8 Å². The molecule has 1 aliphatic heterocycles. The van der Waals surface area contributed by atoms with Gasteiger partial charge in [0.2, 0.25) is 10.0 Å². The fourth-order valence-electron chi connectivity index (χ4n) is 2.22. The third-order valence-electron chi connectivity index (χ3n) is 3.15. The zero-order valence-electron chi connectivity index (χ0n) is 11.3. The second-order valence-electron chi connectivity index (χ2n) is 4.90. The van der Waals surface area contributed by atoms with Crippen molar-refractivity contribution >= 4 is 21.4 Å². The molecule has 1 heterocycles. The highest BCUT2D eigenvalue weighted by molar-refractivity contribution is 7.92. The maximum absolute atomic E-state index is 12.3. The molecule has 106 valence electrons. The Labute approximate surface area is 114 Å².